The van der Waals surface area contributed by atoms with Crippen LogP contribution in [-0.4, -0.2) is 168 Å². The molecule has 0 aromatic heterocycles. The third-order valence-electron chi connectivity index (χ3n) is 27.0. The number of carbonyl (C=O) groups excluding carboxylic acids is 2. The summed E-state index contributed by atoms with van der Waals surface area (Å²) in [5, 5.41) is 18.5. The van der Waals surface area contributed by atoms with Gasteiger partial charge in [0.05, 0.1) is 20.8 Å². The SMILES string of the molecule is CCOCC1=C(C(F)(F)F)O[C@@H]2O[C@]3(C)CC[C@H]4[C@H](C)CC[C@@H]1C24OO3.CCSCC1=C(C(F)(F)F)O[C@@H]2O[C@]3(C)CC[C@H]4[C@H](C)CC[C@@H]1C24OO3.COC(=O)C(CC1=C(C(F)(F)F)O[C@@H]2O[C@]3(C)CC[C@H]4[C@H](C)CC[C@@H]1C24OO3)C(=O)OC.C[C@@H]1CC[C@H]2C(CC(C(=O)O)C(=O)O)=C(C(F)(F)F)O[C@@H]3O[C@]4(C)CC[C@@H]1C32OO4. The van der Waals surface area contributed by atoms with E-state index in [4.69, 9.17) is 81.7 Å². The Hall–Kier alpha value is -4.97. The first-order valence-corrected chi connectivity index (χ1v) is 40.3. The second-order valence-corrected chi connectivity index (χ2v) is 35.1. The van der Waals surface area contributed by atoms with Crippen molar-refractivity contribution in [3.05, 3.63) is 45.3 Å². The van der Waals surface area contributed by atoms with Crippen molar-refractivity contribution in [1.82, 2.24) is 0 Å². The monoisotopic (exact) mass is 1670 g/mol. The van der Waals surface area contributed by atoms with Crippen molar-refractivity contribution in [2.45, 2.75) is 280 Å². The summed E-state index contributed by atoms with van der Waals surface area (Å²) in [5.74, 6) is -19.5. The molecule has 0 aromatic rings. The molecule has 644 valence electrons. The topological polar surface area (TPSA) is 284 Å². The van der Waals surface area contributed by atoms with Gasteiger partial charge in [0.15, 0.2) is 34.2 Å². The molecule has 25 nitrogen and oxygen atoms in total. The van der Waals surface area contributed by atoms with Gasteiger partial charge in [-0.25, -0.2) is 39.1 Å². The van der Waals surface area contributed by atoms with E-state index in [0.717, 1.165) is 45.7 Å². The summed E-state index contributed by atoms with van der Waals surface area (Å²) in [5.41, 5.74) is -5.01. The number of rotatable bonds is 14. The van der Waals surface area contributed by atoms with Gasteiger partial charge in [-0.05, 0) is 171 Å². The zero-order valence-electron chi connectivity index (χ0n) is 65.2. The summed E-state index contributed by atoms with van der Waals surface area (Å²) >= 11 is 1.47. The Morgan fingerprint density at radius 2 is 0.684 bits per heavy atom. The van der Waals surface area contributed by atoms with Gasteiger partial charge in [-0.15, -0.1) is 0 Å². The lowest BCUT2D eigenvalue weighted by atomic mass is 9.58. The van der Waals surface area contributed by atoms with Gasteiger partial charge in [0, 0.05) is 91.0 Å². The maximum atomic E-state index is 14.2. The van der Waals surface area contributed by atoms with E-state index in [1.807, 2.05) is 20.8 Å². The molecule has 4 spiro atoms. The highest BCUT2D eigenvalue weighted by Gasteiger charge is 2.76. The molecule has 24 atom stereocenters. The van der Waals surface area contributed by atoms with Gasteiger partial charge in [0.1, 0.15) is 0 Å². The molecule has 4 unspecified atom stereocenters. The molecule has 20 aliphatic rings. The molecule has 114 heavy (non-hydrogen) atoms. The smallest absolute Gasteiger partial charge is 0.449 e. The number of alkyl halides is 12. The summed E-state index contributed by atoms with van der Waals surface area (Å²) in [4.78, 5) is 93.1. The second-order valence-electron chi connectivity index (χ2n) is 33.8. The highest BCUT2D eigenvalue weighted by Crippen LogP contribution is 2.68. The third-order valence-corrected chi connectivity index (χ3v) is 27.9. The Kier molecular flexibility index (Phi) is 23.8. The van der Waals surface area contributed by atoms with E-state index in [1.54, 1.807) is 34.6 Å². The van der Waals surface area contributed by atoms with Crippen molar-refractivity contribution >= 4 is 35.6 Å². The van der Waals surface area contributed by atoms with Crippen LogP contribution in [0.4, 0.5) is 52.7 Å². The average Bonchev–Trinajstić information content (AvgIpc) is 1.42. The molecule has 4 aliphatic carbocycles. The standard InChI is InChI=1S/C21H27F3O8.C19H23F3O8.C18H25F3O5.C18H25F3O4S/c1-10-5-6-14-11(9-12(16(25)27-3)17(26)28-4)15(21(22,23)24)29-18-20(14)13(10)7-8-19(2,30-18)31-32-20;1-8-3-4-12-9(7-10(14(23)24)15(25)26)13(19(20,21)22)27-16-18(12)11(8)5-6-17(2,28-16)29-30-18;1-4-22-9-11-13-6-5-10(2)12-7-8-16(3)24-15(17(12,13)26-25-16)23-14(11)18(19,20)21;1-4-26-9-11-13-6-5-10(2)12-7-8-16(3)23-15(17(12,13)25-24-16)22-14(11)18(19,20)21/h10,12-14,18H,5-9H2,1-4H3;8,10-12,16H,3-7H2,1-2H3,(H,23,24)(H,25,26);2*10,12-13,15H,4-9H2,1-3H3/t10-,13+,14+,18-,19+,20?;8-,11+,12+,16-,17+,18?;2*10-,12+,13+,15-,16+,17?/m1111/s1. The predicted molar refractivity (Wildman–Crippen MR) is 363 cm³/mol. The predicted octanol–water partition coefficient (Wildman–Crippen LogP) is 15.5. The number of allylic oxidation sites excluding steroid dienone is 4. The molecule has 0 aromatic carbocycles. The highest BCUT2D eigenvalue weighted by atomic mass is 32.2. The summed E-state index contributed by atoms with van der Waals surface area (Å²) in [6.45, 7) is 18.7. The summed E-state index contributed by atoms with van der Waals surface area (Å²) in [7, 11) is 2.11. The molecule has 0 radical (unpaired) electrons. The number of aliphatic carboxylic acids is 2. The largest absolute Gasteiger partial charge is 0.481 e. The molecule has 16 aliphatic heterocycles. The van der Waals surface area contributed by atoms with E-state index >= 15 is 0 Å². The fourth-order valence-corrected chi connectivity index (χ4v) is 22.2. The van der Waals surface area contributed by atoms with Crippen molar-refractivity contribution in [3.63, 3.8) is 0 Å². The van der Waals surface area contributed by atoms with Crippen LogP contribution in [0.1, 0.15) is 185 Å². The molecule has 8 bridgehead atoms. The van der Waals surface area contributed by atoms with Gasteiger partial charge in [0.25, 0.3) is 0 Å². The minimum atomic E-state index is -4.95. The quantitative estimate of drug-likeness (QED) is 0.0707. The van der Waals surface area contributed by atoms with Gasteiger partial charge in [-0.1, -0.05) is 34.6 Å². The lowest BCUT2D eigenvalue weighted by Gasteiger charge is -2.57. The number of hydrogen-bond acceptors (Lipinski definition) is 24. The van der Waals surface area contributed by atoms with E-state index in [9.17, 15) is 82.1 Å². The zero-order valence-corrected chi connectivity index (χ0v) is 66.0. The number of carbonyl (C=O) groups is 4. The maximum absolute atomic E-state index is 14.2. The summed E-state index contributed by atoms with van der Waals surface area (Å²) in [6, 6.07) is 0. The molecule has 16 fully saturated rings. The number of carboxylic acids is 2. The fraction of sp³-hybridized carbons (Fsp3) is 0.842. The molecule has 2 N–H and O–H groups in total. The van der Waals surface area contributed by atoms with Crippen molar-refractivity contribution in [2.24, 2.45) is 82.9 Å². The summed E-state index contributed by atoms with van der Waals surface area (Å²) < 4.78 is 227. The van der Waals surface area contributed by atoms with Crippen LogP contribution in [0.2, 0.25) is 0 Å². The van der Waals surface area contributed by atoms with Gasteiger partial charge >= 0.3 is 48.6 Å². The van der Waals surface area contributed by atoms with Gasteiger partial charge in [0.2, 0.25) is 71.3 Å². The molecule has 12 saturated heterocycles. The van der Waals surface area contributed by atoms with Crippen LogP contribution in [0, 0.1) is 82.9 Å². The number of ether oxygens (including phenoxy) is 11. The van der Waals surface area contributed by atoms with Gasteiger partial charge < -0.3 is 62.3 Å². The van der Waals surface area contributed by atoms with Crippen molar-refractivity contribution in [1.29, 1.82) is 0 Å². The normalized spacial score (nSPS) is 42.1. The van der Waals surface area contributed by atoms with E-state index in [-0.39, 0.29) is 71.4 Å². The maximum Gasteiger partial charge on any atom is 0.449 e. The van der Waals surface area contributed by atoms with Crippen molar-refractivity contribution in [3.8, 4) is 0 Å². The first-order valence-electron chi connectivity index (χ1n) is 39.1. The Labute approximate surface area is 653 Å². The Bertz CT molecular complexity index is 3650. The number of carboxylic acid groups (broad SMARTS) is 2. The highest BCUT2D eigenvalue weighted by molar-refractivity contribution is 7.99. The first-order chi connectivity index (χ1) is 53.3. The number of methoxy groups -OCH3 is 2. The molecule has 16 heterocycles. The second kappa shape index (κ2) is 31.2. The van der Waals surface area contributed by atoms with Crippen LogP contribution >= 0.6 is 11.8 Å². The Morgan fingerprint density at radius 1 is 0.412 bits per heavy atom. The van der Waals surface area contributed by atoms with E-state index in [0.29, 0.717) is 88.7 Å². The molecule has 4 saturated carbocycles. The van der Waals surface area contributed by atoms with Crippen LogP contribution in [0.15, 0.2) is 45.3 Å². The molecular weight excluding hydrogens is 1570 g/mol. The van der Waals surface area contributed by atoms with Gasteiger partial charge in [-0.2, -0.15) is 64.4 Å². The third kappa shape index (κ3) is 15.0. The van der Waals surface area contributed by atoms with E-state index in [2.05, 4.69) is 23.3 Å². The van der Waals surface area contributed by atoms with Crippen LogP contribution in [-0.2, 0) is 110 Å². The molecule has 20 rings (SSSR count). The average molecular weight is 1670 g/mol. The lowest BCUT2D eigenvalue weighted by molar-refractivity contribution is -0.558. The fourth-order valence-electron chi connectivity index (χ4n) is 21.4. The Balaban J connectivity index is 0.000000133. The van der Waals surface area contributed by atoms with Gasteiger partial charge in [-0.3, -0.25) is 19.2 Å². The number of esters is 2. The number of halogens is 12. The number of hydrogen-bond donors (Lipinski definition) is 2. The van der Waals surface area contributed by atoms with Crippen LogP contribution in [0.25, 0.3) is 0 Å². The number of thioether (sulfide) groups is 1. The molecular formula is C76H100F12O25S. The lowest BCUT2D eigenvalue weighted by Crippen LogP contribution is -2.67. The summed E-state index contributed by atoms with van der Waals surface area (Å²) in [6.07, 6.45) is -16.0. The van der Waals surface area contributed by atoms with Crippen LogP contribution in [0.3, 0.4) is 0 Å². The molecule has 38 heteroatoms. The Morgan fingerprint density at radius 3 is 0.956 bits per heavy atom. The molecule has 0 amide bonds. The van der Waals surface area contributed by atoms with Crippen molar-refractivity contribution in [2.75, 3.05) is 38.9 Å². The van der Waals surface area contributed by atoms with E-state index < -0.39 is 196 Å². The zero-order chi connectivity index (χ0) is 83.0. The first kappa shape index (κ1) is 86.9. The van der Waals surface area contributed by atoms with E-state index in [1.165, 1.54) is 11.8 Å². The van der Waals surface area contributed by atoms with Crippen LogP contribution in [0.5, 0.6) is 0 Å². The van der Waals surface area contributed by atoms with Crippen LogP contribution < -0.4 is 0 Å². The minimum absolute atomic E-state index is 0.00184. The van der Waals surface area contributed by atoms with Crippen molar-refractivity contribution < 1.29 is 173 Å². The minimum Gasteiger partial charge on any atom is -0.481 e. The number of fused-ring (bicyclic) bond motifs is 8.